The van der Waals surface area contributed by atoms with Crippen molar-refractivity contribution in [3.63, 3.8) is 0 Å². The average molecular weight is 151 g/mol. The lowest BCUT2D eigenvalue weighted by molar-refractivity contribution is 0.186. The first kappa shape index (κ1) is 8.24. The molecule has 0 amide bonds. The van der Waals surface area contributed by atoms with Crippen molar-refractivity contribution in [1.82, 2.24) is 0 Å². The van der Waals surface area contributed by atoms with Gasteiger partial charge in [0.15, 0.2) is 0 Å². The molecule has 3 N–H and O–H groups in total. The van der Waals surface area contributed by atoms with Gasteiger partial charge in [-0.25, -0.2) is 0 Å². The molecule has 2 nitrogen and oxygen atoms in total. The van der Waals surface area contributed by atoms with Crippen LogP contribution in [0.3, 0.4) is 0 Å². The Morgan fingerprint density at radius 3 is 2.82 bits per heavy atom. The largest absolute Gasteiger partial charge is 0.387 e. The smallest absolute Gasteiger partial charge is 0.0912 e. The van der Waals surface area contributed by atoms with Crippen LogP contribution in [0.1, 0.15) is 17.2 Å². The molecule has 0 aliphatic rings. The number of benzene rings is 1. The average Bonchev–Trinajstić information content (AvgIpc) is 2.03. The standard InChI is InChI=1S/C9H13NO/c1-7-3-2-4-8(5-7)9(11)6-10/h2-5,9,11H,6,10H2,1H3. The molecule has 0 aromatic heterocycles. The van der Waals surface area contributed by atoms with Crippen molar-refractivity contribution in [2.75, 3.05) is 6.54 Å². The van der Waals surface area contributed by atoms with Gasteiger partial charge in [-0.3, -0.25) is 0 Å². The summed E-state index contributed by atoms with van der Waals surface area (Å²) >= 11 is 0. The second-order valence-corrected chi connectivity index (χ2v) is 2.67. The molecule has 1 rings (SSSR count). The van der Waals surface area contributed by atoms with Crippen LogP contribution < -0.4 is 5.73 Å². The Morgan fingerprint density at radius 1 is 1.55 bits per heavy atom. The quantitative estimate of drug-likeness (QED) is 0.662. The maximum absolute atomic E-state index is 9.33. The van der Waals surface area contributed by atoms with Crippen molar-refractivity contribution in [3.05, 3.63) is 35.4 Å². The fraction of sp³-hybridized carbons (Fsp3) is 0.333. The molecule has 1 aromatic carbocycles. The number of aliphatic hydroxyl groups excluding tert-OH is 1. The molecular formula is C9H13NO. The molecule has 0 spiro atoms. The lowest BCUT2D eigenvalue weighted by Gasteiger charge is -2.07. The van der Waals surface area contributed by atoms with Crippen LogP contribution >= 0.6 is 0 Å². The molecule has 1 unspecified atom stereocenters. The Morgan fingerprint density at radius 2 is 2.27 bits per heavy atom. The Balaban J connectivity index is 2.86. The number of nitrogens with two attached hydrogens (primary N) is 1. The number of hydrogen-bond donors (Lipinski definition) is 2. The minimum Gasteiger partial charge on any atom is -0.387 e. The van der Waals surface area contributed by atoms with Crippen molar-refractivity contribution in [3.8, 4) is 0 Å². The summed E-state index contributed by atoms with van der Waals surface area (Å²) in [6, 6.07) is 7.73. The molecule has 0 radical (unpaired) electrons. The summed E-state index contributed by atoms with van der Waals surface area (Å²) in [5.74, 6) is 0. The van der Waals surface area contributed by atoms with Gasteiger partial charge < -0.3 is 10.8 Å². The Labute approximate surface area is 66.7 Å². The highest BCUT2D eigenvalue weighted by molar-refractivity contribution is 5.24. The van der Waals surface area contributed by atoms with Crippen LogP contribution in [0.25, 0.3) is 0 Å². The molecule has 2 heteroatoms. The zero-order valence-electron chi connectivity index (χ0n) is 6.62. The van der Waals surface area contributed by atoms with Crippen LogP contribution in [0.4, 0.5) is 0 Å². The molecule has 0 saturated heterocycles. The van der Waals surface area contributed by atoms with Crippen LogP contribution in [-0.4, -0.2) is 11.7 Å². The van der Waals surface area contributed by atoms with Crippen molar-refractivity contribution in [2.24, 2.45) is 5.73 Å². The molecular weight excluding hydrogens is 138 g/mol. The minimum absolute atomic E-state index is 0.281. The van der Waals surface area contributed by atoms with E-state index in [-0.39, 0.29) is 6.54 Å². The fourth-order valence-corrected chi connectivity index (χ4v) is 1.01. The fourth-order valence-electron chi connectivity index (χ4n) is 1.01. The second-order valence-electron chi connectivity index (χ2n) is 2.67. The maximum atomic E-state index is 9.33. The van der Waals surface area contributed by atoms with Gasteiger partial charge in [0.2, 0.25) is 0 Å². The second kappa shape index (κ2) is 3.51. The molecule has 1 atom stereocenters. The maximum Gasteiger partial charge on any atom is 0.0912 e. The molecule has 0 fully saturated rings. The summed E-state index contributed by atoms with van der Waals surface area (Å²) in [4.78, 5) is 0. The predicted octanol–water partition coefficient (Wildman–Crippen LogP) is 0.987. The van der Waals surface area contributed by atoms with E-state index in [1.54, 1.807) is 0 Å². The third-order valence-corrected chi connectivity index (χ3v) is 1.65. The van der Waals surface area contributed by atoms with Crippen LogP contribution in [0.5, 0.6) is 0 Å². The summed E-state index contributed by atoms with van der Waals surface area (Å²) < 4.78 is 0. The highest BCUT2D eigenvalue weighted by Gasteiger charge is 2.02. The highest BCUT2D eigenvalue weighted by atomic mass is 16.3. The van der Waals surface area contributed by atoms with Gasteiger partial charge in [0.25, 0.3) is 0 Å². The van der Waals surface area contributed by atoms with Crippen molar-refractivity contribution < 1.29 is 5.11 Å². The van der Waals surface area contributed by atoms with E-state index in [0.717, 1.165) is 11.1 Å². The van der Waals surface area contributed by atoms with Crippen LogP contribution in [0.15, 0.2) is 24.3 Å². The van der Waals surface area contributed by atoms with E-state index in [1.165, 1.54) is 0 Å². The summed E-state index contributed by atoms with van der Waals surface area (Å²) in [6.45, 7) is 2.27. The zero-order valence-corrected chi connectivity index (χ0v) is 6.62. The van der Waals surface area contributed by atoms with Gasteiger partial charge >= 0.3 is 0 Å². The Hall–Kier alpha value is -0.860. The molecule has 11 heavy (non-hydrogen) atoms. The first-order chi connectivity index (χ1) is 5.24. The third kappa shape index (κ3) is 2.03. The lowest BCUT2D eigenvalue weighted by atomic mass is 10.1. The van der Waals surface area contributed by atoms with Gasteiger partial charge in [0.1, 0.15) is 0 Å². The van der Waals surface area contributed by atoms with Crippen molar-refractivity contribution >= 4 is 0 Å². The summed E-state index contributed by atoms with van der Waals surface area (Å²) in [6.07, 6.45) is -0.519. The van der Waals surface area contributed by atoms with E-state index in [0.29, 0.717) is 0 Å². The van der Waals surface area contributed by atoms with E-state index in [1.807, 2.05) is 31.2 Å². The number of aryl methyl sites for hydroxylation is 1. The van der Waals surface area contributed by atoms with Crippen molar-refractivity contribution in [2.45, 2.75) is 13.0 Å². The topological polar surface area (TPSA) is 46.2 Å². The van der Waals surface area contributed by atoms with E-state index >= 15 is 0 Å². The van der Waals surface area contributed by atoms with E-state index in [9.17, 15) is 5.11 Å². The monoisotopic (exact) mass is 151 g/mol. The number of rotatable bonds is 2. The van der Waals surface area contributed by atoms with Gasteiger partial charge in [-0.1, -0.05) is 29.8 Å². The normalized spacial score (nSPS) is 13.0. The predicted molar refractivity (Wildman–Crippen MR) is 45.2 cm³/mol. The highest BCUT2D eigenvalue weighted by Crippen LogP contribution is 2.12. The Kier molecular flexibility index (Phi) is 2.63. The molecule has 0 aliphatic heterocycles. The summed E-state index contributed by atoms with van der Waals surface area (Å²) in [5.41, 5.74) is 7.35. The number of aliphatic hydroxyl groups is 1. The first-order valence-electron chi connectivity index (χ1n) is 3.68. The lowest BCUT2D eigenvalue weighted by Crippen LogP contribution is -2.11. The molecule has 0 aliphatic carbocycles. The van der Waals surface area contributed by atoms with Crippen LogP contribution in [-0.2, 0) is 0 Å². The van der Waals surface area contributed by atoms with E-state index < -0.39 is 6.10 Å². The van der Waals surface area contributed by atoms with Gasteiger partial charge in [-0.2, -0.15) is 0 Å². The summed E-state index contributed by atoms with van der Waals surface area (Å²) in [7, 11) is 0. The Bertz CT molecular complexity index is 235. The molecule has 1 aromatic rings. The number of hydrogen-bond acceptors (Lipinski definition) is 2. The van der Waals surface area contributed by atoms with Crippen LogP contribution in [0, 0.1) is 6.92 Å². The summed E-state index contributed by atoms with van der Waals surface area (Å²) in [5, 5.41) is 9.33. The van der Waals surface area contributed by atoms with Gasteiger partial charge in [0.05, 0.1) is 6.10 Å². The molecule has 0 heterocycles. The third-order valence-electron chi connectivity index (χ3n) is 1.65. The van der Waals surface area contributed by atoms with Gasteiger partial charge in [-0.05, 0) is 12.5 Å². The van der Waals surface area contributed by atoms with Gasteiger partial charge in [-0.15, -0.1) is 0 Å². The molecule has 60 valence electrons. The SMILES string of the molecule is Cc1cccc(C(O)CN)c1. The molecule has 0 bridgehead atoms. The minimum atomic E-state index is -0.519. The van der Waals surface area contributed by atoms with Gasteiger partial charge in [0, 0.05) is 6.54 Å². The van der Waals surface area contributed by atoms with Crippen LogP contribution in [0.2, 0.25) is 0 Å². The van der Waals surface area contributed by atoms with Crippen molar-refractivity contribution in [1.29, 1.82) is 0 Å². The van der Waals surface area contributed by atoms with E-state index in [2.05, 4.69) is 0 Å². The van der Waals surface area contributed by atoms with E-state index in [4.69, 9.17) is 5.73 Å². The first-order valence-corrected chi connectivity index (χ1v) is 3.68. The molecule has 0 saturated carbocycles. The zero-order chi connectivity index (χ0) is 8.27.